The monoisotopic (exact) mass is 248 g/mol. The highest BCUT2D eigenvalue weighted by Gasteiger charge is 2.15. The number of aromatic nitrogens is 1. The van der Waals surface area contributed by atoms with Gasteiger partial charge in [-0.1, -0.05) is 35.9 Å². The van der Waals surface area contributed by atoms with Crippen LogP contribution in [0.1, 0.15) is 5.56 Å². The van der Waals surface area contributed by atoms with Gasteiger partial charge in [0.25, 0.3) is 0 Å². The molecule has 1 aromatic heterocycles. The minimum atomic E-state index is -0.531. The van der Waals surface area contributed by atoms with Gasteiger partial charge in [-0.3, -0.25) is 10.1 Å². The summed E-state index contributed by atoms with van der Waals surface area (Å²) in [7, 11) is 0. The Morgan fingerprint density at radius 2 is 2.06 bits per heavy atom. The highest BCUT2D eigenvalue weighted by Crippen LogP contribution is 2.29. The summed E-state index contributed by atoms with van der Waals surface area (Å²) < 4.78 is 0. The summed E-state index contributed by atoms with van der Waals surface area (Å²) in [6.07, 6.45) is 1.54. The van der Waals surface area contributed by atoms with Gasteiger partial charge in [0.1, 0.15) is 0 Å². The molecule has 0 amide bonds. The number of benzene rings is 1. The average molecular weight is 249 g/mol. The molecule has 2 aromatic rings. The second kappa shape index (κ2) is 4.51. The topological polar surface area (TPSA) is 56.0 Å². The van der Waals surface area contributed by atoms with Crippen LogP contribution in [0.15, 0.2) is 36.5 Å². The van der Waals surface area contributed by atoms with Crippen molar-refractivity contribution in [3.05, 3.63) is 57.4 Å². The molecule has 0 aliphatic rings. The molecule has 0 unspecified atom stereocenters. The predicted molar refractivity (Wildman–Crippen MR) is 66.1 cm³/mol. The lowest BCUT2D eigenvalue weighted by Gasteiger charge is -2.05. The maximum Gasteiger partial charge on any atom is 0.307 e. The first-order valence-electron chi connectivity index (χ1n) is 4.95. The number of rotatable bonds is 2. The largest absolute Gasteiger partial charge is 0.307 e. The highest BCUT2D eigenvalue weighted by atomic mass is 35.5. The predicted octanol–water partition coefficient (Wildman–Crippen LogP) is 3.62. The summed E-state index contributed by atoms with van der Waals surface area (Å²) in [4.78, 5) is 14.1. The summed E-state index contributed by atoms with van der Waals surface area (Å²) in [6.45, 7) is 1.94. The Balaban J connectivity index is 2.58. The Hall–Kier alpha value is -1.94. The molecule has 0 bridgehead atoms. The summed E-state index contributed by atoms with van der Waals surface area (Å²) in [5, 5.41) is 10.7. The van der Waals surface area contributed by atoms with E-state index in [4.69, 9.17) is 11.6 Å². The van der Waals surface area contributed by atoms with E-state index in [0.29, 0.717) is 5.56 Å². The minimum absolute atomic E-state index is 0.0904. The van der Waals surface area contributed by atoms with Crippen molar-refractivity contribution >= 4 is 17.3 Å². The molecule has 86 valence electrons. The minimum Gasteiger partial charge on any atom is -0.258 e. The van der Waals surface area contributed by atoms with Crippen LogP contribution in [-0.2, 0) is 0 Å². The highest BCUT2D eigenvalue weighted by molar-refractivity contribution is 6.31. The summed E-state index contributed by atoms with van der Waals surface area (Å²) in [6, 6.07) is 9.07. The molecule has 1 aromatic carbocycles. The van der Waals surface area contributed by atoms with Crippen molar-refractivity contribution in [2.24, 2.45) is 0 Å². The van der Waals surface area contributed by atoms with Crippen LogP contribution in [0.5, 0.6) is 0 Å². The van der Waals surface area contributed by atoms with E-state index in [0.717, 1.165) is 11.1 Å². The second-order valence-corrected chi connectivity index (χ2v) is 3.96. The molecule has 0 saturated heterocycles. The molecule has 4 nitrogen and oxygen atoms in total. The Labute approximate surface area is 103 Å². The molecular formula is C12H9ClN2O2. The van der Waals surface area contributed by atoms with Crippen LogP contribution in [0, 0.1) is 17.0 Å². The van der Waals surface area contributed by atoms with Gasteiger partial charge in [-0.05, 0) is 18.1 Å². The summed E-state index contributed by atoms with van der Waals surface area (Å²) in [5.41, 5.74) is 2.47. The van der Waals surface area contributed by atoms with Gasteiger partial charge in [0, 0.05) is 17.8 Å². The zero-order chi connectivity index (χ0) is 12.4. The molecular weight excluding hydrogens is 240 g/mol. The van der Waals surface area contributed by atoms with E-state index >= 15 is 0 Å². The van der Waals surface area contributed by atoms with E-state index in [1.807, 2.05) is 31.2 Å². The van der Waals surface area contributed by atoms with Gasteiger partial charge in [0.15, 0.2) is 0 Å². The smallest absolute Gasteiger partial charge is 0.258 e. The lowest BCUT2D eigenvalue weighted by Crippen LogP contribution is -1.93. The third-order valence-electron chi connectivity index (χ3n) is 2.47. The van der Waals surface area contributed by atoms with E-state index in [1.165, 1.54) is 12.3 Å². The number of pyridine rings is 1. The molecule has 17 heavy (non-hydrogen) atoms. The third-order valence-corrected chi connectivity index (χ3v) is 2.76. The van der Waals surface area contributed by atoms with Gasteiger partial charge in [0.2, 0.25) is 5.15 Å². The van der Waals surface area contributed by atoms with Crippen LogP contribution in [0.25, 0.3) is 11.1 Å². The first-order valence-corrected chi connectivity index (χ1v) is 5.33. The van der Waals surface area contributed by atoms with Crippen molar-refractivity contribution in [1.82, 2.24) is 4.98 Å². The average Bonchev–Trinajstić information content (AvgIpc) is 2.30. The number of nitrogens with zero attached hydrogens (tertiary/aromatic N) is 2. The maximum absolute atomic E-state index is 10.8. The van der Waals surface area contributed by atoms with Crippen LogP contribution >= 0.6 is 11.6 Å². The number of hydrogen-bond acceptors (Lipinski definition) is 3. The Morgan fingerprint density at radius 1 is 1.35 bits per heavy atom. The maximum atomic E-state index is 10.8. The quantitative estimate of drug-likeness (QED) is 0.463. The molecule has 0 atom stereocenters. The van der Waals surface area contributed by atoms with Gasteiger partial charge >= 0.3 is 5.69 Å². The van der Waals surface area contributed by atoms with E-state index in [-0.39, 0.29) is 10.8 Å². The van der Waals surface area contributed by atoms with Crippen LogP contribution < -0.4 is 0 Å². The zero-order valence-electron chi connectivity index (χ0n) is 9.05. The molecule has 5 heteroatoms. The van der Waals surface area contributed by atoms with Crippen molar-refractivity contribution in [2.75, 3.05) is 0 Å². The molecule has 0 fully saturated rings. The lowest BCUT2D eigenvalue weighted by molar-refractivity contribution is -0.385. The number of hydrogen-bond donors (Lipinski definition) is 0. The van der Waals surface area contributed by atoms with Crippen molar-refractivity contribution in [2.45, 2.75) is 6.92 Å². The number of halogens is 1. The first kappa shape index (κ1) is 11.5. The fourth-order valence-electron chi connectivity index (χ4n) is 1.61. The van der Waals surface area contributed by atoms with Crippen LogP contribution in [0.3, 0.4) is 0 Å². The second-order valence-electron chi connectivity index (χ2n) is 3.61. The third kappa shape index (κ3) is 2.26. The van der Waals surface area contributed by atoms with Crippen molar-refractivity contribution < 1.29 is 4.92 Å². The molecule has 0 saturated carbocycles. The van der Waals surface area contributed by atoms with Gasteiger partial charge in [-0.2, -0.15) is 0 Å². The molecule has 0 spiro atoms. The summed E-state index contributed by atoms with van der Waals surface area (Å²) in [5.74, 6) is 0. The fraction of sp³-hybridized carbons (Fsp3) is 0.0833. The van der Waals surface area contributed by atoms with E-state index in [2.05, 4.69) is 4.98 Å². The Bertz CT molecular complexity index is 584. The number of nitro groups is 1. The lowest BCUT2D eigenvalue weighted by atomic mass is 10.0. The molecule has 0 aliphatic carbocycles. The first-order chi connectivity index (χ1) is 8.09. The summed E-state index contributed by atoms with van der Waals surface area (Å²) >= 11 is 5.67. The Morgan fingerprint density at radius 3 is 2.71 bits per heavy atom. The Kier molecular flexibility index (Phi) is 3.06. The zero-order valence-corrected chi connectivity index (χ0v) is 9.81. The van der Waals surface area contributed by atoms with Gasteiger partial charge < -0.3 is 0 Å². The van der Waals surface area contributed by atoms with Gasteiger partial charge in [-0.15, -0.1) is 0 Å². The van der Waals surface area contributed by atoms with Crippen LogP contribution in [0.2, 0.25) is 5.15 Å². The normalized spacial score (nSPS) is 10.2. The molecule has 1 heterocycles. The van der Waals surface area contributed by atoms with Gasteiger partial charge in [-0.25, -0.2) is 4.98 Å². The van der Waals surface area contributed by atoms with Crippen molar-refractivity contribution in [3.63, 3.8) is 0 Å². The van der Waals surface area contributed by atoms with Crippen molar-refractivity contribution in [3.8, 4) is 11.1 Å². The number of aryl methyl sites for hydroxylation is 1. The van der Waals surface area contributed by atoms with Crippen molar-refractivity contribution in [1.29, 1.82) is 0 Å². The van der Waals surface area contributed by atoms with E-state index in [1.54, 1.807) is 0 Å². The molecule has 2 rings (SSSR count). The van der Waals surface area contributed by atoms with Crippen LogP contribution in [-0.4, -0.2) is 9.91 Å². The molecule has 0 aliphatic heterocycles. The molecule has 0 radical (unpaired) electrons. The van der Waals surface area contributed by atoms with E-state index in [9.17, 15) is 10.1 Å². The standard InChI is InChI=1S/C12H9ClN2O2/c1-8-4-2-3-5-10(8)9-6-11(15(16)17)12(13)14-7-9/h2-7H,1H3. The van der Waals surface area contributed by atoms with Gasteiger partial charge in [0.05, 0.1) is 4.92 Å². The SMILES string of the molecule is Cc1ccccc1-c1cnc(Cl)c([N+](=O)[O-])c1. The van der Waals surface area contributed by atoms with E-state index < -0.39 is 4.92 Å². The fourth-order valence-corrected chi connectivity index (χ4v) is 1.78. The molecule has 0 N–H and O–H groups in total. The van der Waals surface area contributed by atoms with Crippen LogP contribution in [0.4, 0.5) is 5.69 Å².